The molecule has 3 heteroatoms. The van der Waals surface area contributed by atoms with Crippen LogP contribution >= 0.6 is 11.8 Å². The monoisotopic (exact) mass is 226 g/mol. The Balaban J connectivity index is 2.49. The van der Waals surface area contributed by atoms with Gasteiger partial charge in [0.05, 0.1) is 12.7 Å². The summed E-state index contributed by atoms with van der Waals surface area (Å²) in [6, 6.07) is 7.66. The third-order valence-electron chi connectivity index (χ3n) is 2.21. The van der Waals surface area contributed by atoms with Gasteiger partial charge in [-0.1, -0.05) is 19.1 Å². The molecule has 0 amide bonds. The van der Waals surface area contributed by atoms with E-state index < -0.39 is 0 Å². The molecule has 0 saturated heterocycles. The number of rotatable bonds is 6. The lowest BCUT2D eigenvalue weighted by molar-refractivity contribution is 0.173. The van der Waals surface area contributed by atoms with E-state index in [1.807, 2.05) is 31.2 Å². The van der Waals surface area contributed by atoms with Crippen LogP contribution in [0.3, 0.4) is 0 Å². The number of ether oxygens (including phenoxy) is 1. The third kappa shape index (κ3) is 4.14. The number of thioether (sulfide) groups is 1. The van der Waals surface area contributed by atoms with E-state index in [-0.39, 0.29) is 6.10 Å². The average molecular weight is 226 g/mol. The Bertz CT molecular complexity index is 271. The highest BCUT2D eigenvalue weighted by atomic mass is 32.2. The van der Waals surface area contributed by atoms with Crippen LogP contribution in [0, 0.1) is 0 Å². The largest absolute Gasteiger partial charge is 0.493 e. The molecule has 0 aliphatic carbocycles. The summed E-state index contributed by atoms with van der Waals surface area (Å²) >= 11 is 1.77. The van der Waals surface area contributed by atoms with Gasteiger partial charge < -0.3 is 9.84 Å². The zero-order valence-corrected chi connectivity index (χ0v) is 10.1. The van der Waals surface area contributed by atoms with Crippen LogP contribution in [0.1, 0.15) is 25.0 Å². The van der Waals surface area contributed by atoms with Crippen molar-refractivity contribution in [3.05, 3.63) is 29.8 Å². The van der Waals surface area contributed by atoms with Gasteiger partial charge in [-0.05, 0) is 30.4 Å². The van der Waals surface area contributed by atoms with E-state index in [2.05, 4.69) is 6.26 Å². The van der Waals surface area contributed by atoms with Crippen LogP contribution in [0.4, 0.5) is 0 Å². The molecule has 0 aromatic heterocycles. The average Bonchev–Trinajstić information content (AvgIpc) is 2.29. The molecule has 0 saturated carbocycles. The maximum Gasteiger partial charge on any atom is 0.119 e. The van der Waals surface area contributed by atoms with Crippen LogP contribution in [0.2, 0.25) is 0 Å². The van der Waals surface area contributed by atoms with Crippen molar-refractivity contribution in [1.29, 1.82) is 0 Å². The van der Waals surface area contributed by atoms with Gasteiger partial charge in [0.1, 0.15) is 5.75 Å². The summed E-state index contributed by atoms with van der Waals surface area (Å²) in [7, 11) is 0. The van der Waals surface area contributed by atoms with E-state index in [4.69, 9.17) is 4.74 Å². The minimum Gasteiger partial charge on any atom is -0.493 e. The smallest absolute Gasteiger partial charge is 0.119 e. The van der Waals surface area contributed by atoms with Crippen LogP contribution in [-0.2, 0) is 0 Å². The van der Waals surface area contributed by atoms with Crippen LogP contribution in [0.15, 0.2) is 24.3 Å². The minimum atomic E-state index is -0.356. The summed E-state index contributed by atoms with van der Waals surface area (Å²) in [6.07, 6.45) is 2.45. The van der Waals surface area contributed by atoms with Gasteiger partial charge >= 0.3 is 0 Å². The van der Waals surface area contributed by atoms with E-state index in [1.54, 1.807) is 11.8 Å². The van der Waals surface area contributed by atoms with Crippen LogP contribution < -0.4 is 4.74 Å². The molecular formula is C12H18O2S. The predicted molar refractivity (Wildman–Crippen MR) is 65.6 cm³/mol. The zero-order valence-electron chi connectivity index (χ0n) is 9.27. The summed E-state index contributed by atoms with van der Waals surface area (Å²) < 4.78 is 5.51. The number of aliphatic hydroxyl groups is 1. The molecule has 2 nitrogen and oxygen atoms in total. The van der Waals surface area contributed by atoms with Gasteiger partial charge in [-0.3, -0.25) is 0 Å². The highest BCUT2D eigenvalue weighted by molar-refractivity contribution is 7.98. The Kier molecular flexibility index (Phi) is 5.58. The van der Waals surface area contributed by atoms with Crippen LogP contribution in [0.5, 0.6) is 5.75 Å². The molecule has 0 radical (unpaired) electrons. The van der Waals surface area contributed by atoms with Gasteiger partial charge in [-0.2, -0.15) is 11.8 Å². The lowest BCUT2D eigenvalue weighted by Crippen LogP contribution is -2.00. The highest BCUT2D eigenvalue weighted by Gasteiger charge is 2.03. The van der Waals surface area contributed by atoms with Crippen molar-refractivity contribution in [3.8, 4) is 5.75 Å². The second-order valence-corrected chi connectivity index (χ2v) is 4.32. The van der Waals surface area contributed by atoms with E-state index in [9.17, 15) is 5.11 Å². The zero-order chi connectivity index (χ0) is 11.1. The van der Waals surface area contributed by atoms with Gasteiger partial charge in [-0.15, -0.1) is 0 Å². The highest BCUT2D eigenvalue weighted by Crippen LogP contribution is 2.19. The Morgan fingerprint density at radius 2 is 2.00 bits per heavy atom. The Hall–Kier alpha value is -0.670. The van der Waals surface area contributed by atoms with E-state index in [0.29, 0.717) is 0 Å². The van der Waals surface area contributed by atoms with Crippen molar-refractivity contribution in [2.45, 2.75) is 19.4 Å². The SMILES string of the molecule is CCC(O)c1ccc(OCCSC)cc1. The lowest BCUT2D eigenvalue weighted by atomic mass is 10.1. The number of aliphatic hydroxyl groups excluding tert-OH is 1. The molecule has 1 rings (SSSR count). The number of benzene rings is 1. The molecule has 0 spiro atoms. The normalized spacial score (nSPS) is 12.5. The fraction of sp³-hybridized carbons (Fsp3) is 0.500. The maximum atomic E-state index is 9.59. The molecular weight excluding hydrogens is 208 g/mol. The van der Waals surface area contributed by atoms with Gasteiger partial charge in [0.25, 0.3) is 0 Å². The second kappa shape index (κ2) is 6.75. The second-order valence-electron chi connectivity index (χ2n) is 3.33. The summed E-state index contributed by atoms with van der Waals surface area (Å²) in [4.78, 5) is 0. The van der Waals surface area contributed by atoms with Gasteiger partial charge in [0.2, 0.25) is 0 Å². The minimum absolute atomic E-state index is 0.356. The first-order valence-electron chi connectivity index (χ1n) is 5.17. The molecule has 0 fully saturated rings. The van der Waals surface area contributed by atoms with E-state index >= 15 is 0 Å². The summed E-state index contributed by atoms with van der Waals surface area (Å²) in [5, 5.41) is 9.59. The van der Waals surface area contributed by atoms with Crippen molar-refractivity contribution in [3.63, 3.8) is 0 Å². The van der Waals surface area contributed by atoms with Gasteiger partial charge in [-0.25, -0.2) is 0 Å². The topological polar surface area (TPSA) is 29.5 Å². The van der Waals surface area contributed by atoms with Crippen molar-refractivity contribution in [2.75, 3.05) is 18.6 Å². The number of hydrogen-bond acceptors (Lipinski definition) is 3. The number of hydrogen-bond donors (Lipinski definition) is 1. The van der Waals surface area contributed by atoms with Gasteiger partial charge in [0, 0.05) is 5.75 Å². The summed E-state index contributed by atoms with van der Waals surface area (Å²) in [5.74, 6) is 1.87. The third-order valence-corrected chi connectivity index (χ3v) is 2.78. The maximum absolute atomic E-state index is 9.59. The lowest BCUT2D eigenvalue weighted by Gasteiger charge is -2.09. The van der Waals surface area contributed by atoms with E-state index in [1.165, 1.54) is 0 Å². The fourth-order valence-corrected chi connectivity index (χ4v) is 1.51. The molecule has 1 N–H and O–H groups in total. The van der Waals surface area contributed by atoms with Crippen LogP contribution in [0.25, 0.3) is 0 Å². The molecule has 1 aromatic rings. The Morgan fingerprint density at radius 1 is 1.33 bits per heavy atom. The van der Waals surface area contributed by atoms with Crippen molar-refractivity contribution >= 4 is 11.8 Å². The molecule has 1 aromatic carbocycles. The standard InChI is InChI=1S/C12H18O2S/c1-3-12(13)10-4-6-11(7-5-10)14-8-9-15-2/h4-7,12-13H,3,8-9H2,1-2H3. The summed E-state index contributed by atoms with van der Waals surface area (Å²) in [6.45, 7) is 2.70. The van der Waals surface area contributed by atoms with Crippen molar-refractivity contribution < 1.29 is 9.84 Å². The Labute approximate surface area is 95.7 Å². The molecule has 1 atom stereocenters. The molecule has 0 heterocycles. The molecule has 1 unspecified atom stereocenters. The first kappa shape index (κ1) is 12.4. The predicted octanol–water partition coefficient (Wildman–Crippen LogP) is 2.87. The molecule has 84 valence electrons. The summed E-state index contributed by atoms with van der Waals surface area (Å²) in [5.41, 5.74) is 0.953. The van der Waals surface area contributed by atoms with Crippen molar-refractivity contribution in [1.82, 2.24) is 0 Å². The quantitative estimate of drug-likeness (QED) is 0.756. The molecule has 0 bridgehead atoms. The van der Waals surface area contributed by atoms with E-state index in [0.717, 1.165) is 30.1 Å². The first-order valence-corrected chi connectivity index (χ1v) is 6.57. The van der Waals surface area contributed by atoms with Gasteiger partial charge in [0.15, 0.2) is 0 Å². The molecule has 0 aliphatic rings. The first-order chi connectivity index (χ1) is 7.27. The Morgan fingerprint density at radius 3 is 2.53 bits per heavy atom. The van der Waals surface area contributed by atoms with Crippen molar-refractivity contribution in [2.24, 2.45) is 0 Å². The van der Waals surface area contributed by atoms with Crippen LogP contribution in [-0.4, -0.2) is 23.7 Å². The molecule has 15 heavy (non-hydrogen) atoms. The fourth-order valence-electron chi connectivity index (χ4n) is 1.26. The molecule has 0 aliphatic heterocycles.